The summed E-state index contributed by atoms with van der Waals surface area (Å²) >= 11 is 0. The maximum atomic E-state index is 12.7. The lowest BCUT2D eigenvalue weighted by Gasteiger charge is -2.25. The van der Waals surface area contributed by atoms with Gasteiger partial charge in [0.05, 0.1) is 19.9 Å². The molecule has 4 heterocycles. The lowest BCUT2D eigenvalue weighted by atomic mass is 9.85. The molecule has 0 spiro atoms. The smallest absolute Gasteiger partial charge is 0.226 e. The fraction of sp³-hybridized carbons (Fsp3) is 0.250. The summed E-state index contributed by atoms with van der Waals surface area (Å²) in [7, 11) is 3.23. The van der Waals surface area contributed by atoms with E-state index in [2.05, 4.69) is 25.7 Å². The van der Waals surface area contributed by atoms with Gasteiger partial charge in [-0.15, -0.1) is 15.3 Å². The predicted octanol–water partition coefficient (Wildman–Crippen LogP) is 2.11. The Morgan fingerprint density at radius 1 is 1.13 bits per heavy atom. The Morgan fingerprint density at radius 3 is 2.80 bits per heavy atom. The van der Waals surface area contributed by atoms with Gasteiger partial charge in [0.1, 0.15) is 23.6 Å². The number of fused-ring (bicyclic) bond motifs is 2. The summed E-state index contributed by atoms with van der Waals surface area (Å²) in [6.45, 7) is 1.92. The van der Waals surface area contributed by atoms with E-state index >= 15 is 0 Å². The number of carbonyl (C=O) groups excluding carboxylic acids is 1. The van der Waals surface area contributed by atoms with E-state index in [0.29, 0.717) is 28.8 Å². The number of benzene rings is 1. The van der Waals surface area contributed by atoms with Crippen LogP contribution in [-0.2, 0) is 4.79 Å². The molecule has 1 amide bonds. The van der Waals surface area contributed by atoms with Gasteiger partial charge in [0.15, 0.2) is 11.5 Å². The standard InChI is InChI=1S/C20H19N7O3/c1-11-19-14(13-8-12(29-2)4-5-15(13)30-3)9-18(28)22-20(19)27(24-11)17-7-6-16-23-21-10-26(16)25-17/h4-8,10,14H,9H2,1-3H3,(H,22,28)/t14-/m0/s1. The van der Waals surface area contributed by atoms with Crippen LogP contribution in [0.15, 0.2) is 36.7 Å². The first-order valence-corrected chi connectivity index (χ1v) is 9.37. The molecular weight excluding hydrogens is 386 g/mol. The molecule has 5 rings (SSSR count). The molecule has 1 aliphatic heterocycles. The molecule has 1 atom stereocenters. The third-order valence-corrected chi connectivity index (χ3v) is 5.28. The summed E-state index contributed by atoms with van der Waals surface area (Å²) in [5.74, 6) is 2.19. The molecule has 1 N–H and O–H groups in total. The van der Waals surface area contributed by atoms with Crippen molar-refractivity contribution < 1.29 is 14.3 Å². The minimum Gasteiger partial charge on any atom is -0.497 e. The van der Waals surface area contributed by atoms with E-state index < -0.39 is 0 Å². The maximum absolute atomic E-state index is 12.7. The van der Waals surface area contributed by atoms with Crippen molar-refractivity contribution in [3.63, 3.8) is 0 Å². The summed E-state index contributed by atoms with van der Waals surface area (Å²) in [5, 5.41) is 20.0. The van der Waals surface area contributed by atoms with Crippen LogP contribution in [0, 0.1) is 6.92 Å². The van der Waals surface area contributed by atoms with Crippen LogP contribution >= 0.6 is 0 Å². The molecule has 0 bridgehead atoms. The molecule has 30 heavy (non-hydrogen) atoms. The number of aryl methyl sites for hydroxylation is 1. The van der Waals surface area contributed by atoms with Crippen molar-refractivity contribution in [3.8, 4) is 17.3 Å². The van der Waals surface area contributed by atoms with Gasteiger partial charge in [-0.2, -0.15) is 14.3 Å². The van der Waals surface area contributed by atoms with Crippen LogP contribution in [-0.4, -0.2) is 49.7 Å². The Balaban J connectivity index is 1.69. The molecule has 1 aromatic carbocycles. The number of aromatic nitrogens is 6. The van der Waals surface area contributed by atoms with Gasteiger partial charge < -0.3 is 14.8 Å². The van der Waals surface area contributed by atoms with Crippen LogP contribution in [0.5, 0.6) is 11.5 Å². The van der Waals surface area contributed by atoms with Crippen LogP contribution in [0.4, 0.5) is 5.82 Å². The van der Waals surface area contributed by atoms with E-state index in [1.165, 1.54) is 6.33 Å². The van der Waals surface area contributed by atoms with Crippen molar-refractivity contribution in [2.24, 2.45) is 0 Å². The van der Waals surface area contributed by atoms with Gasteiger partial charge in [-0.1, -0.05) is 0 Å². The van der Waals surface area contributed by atoms with Crippen LogP contribution in [0.2, 0.25) is 0 Å². The molecule has 1 aliphatic rings. The summed E-state index contributed by atoms with van der Waals surface area (Å²) in [6, 6.07) is 9.18. The molecule has 10 heteroatoms. The number of nitrogens with one attached hydrogen (secondary N) is 1. The van der Waals surface area contributed by atoms with Gasteiger partial charge >= 0.3 is 0 Å². The molecular formula is C20H19N7O3. The summed E-state index contributed by atoms with van der Waals surface area (Å²) in [5.41, 5.74) is 3.22. The highest BCUT2D eigenvalue weighted by molar-refractivity contribution is 5.95. The first-order valence-electron chi connectivity index (χ1n) is 9.37. The van der Waals surface area contributed by atoms with E-state index in [9.17, 15) is 4.79 Å². The molecule has 3 aromatic heterocycles. The van der Waals surface area contributed by atoms with Gasteiger partial charge in [0.2, 0.25) is 5.91 Å². The van der Waals surface area contributed by atoms with Crippen molar-refractivity contribution in [2.45, 2.75) is 19.3 Å². The molecule has 0 saturated carbocycles. The number of hydrogen-bond acceptors (Lipinski definition) is 7. The third kappa shape index (κ3) is 2.76. The fourth-order valence-electron chi connectivity index (χ4n) is 3.92. The molecule has 152 valence electrons. The summed E-state index contributed by atoms with van der Waals surface area (Å²) in [4.78, 5) is 12.7. The number of nitrogens with zero attached hydrogens (tertiary/aromatic N) is 6. The first kappa shape index (κ1) is 18.1. The monoisotopic (exact) mass is 405 g/mol. The number of hydrogen-bond donors (Lipinski definition) is 1. The van der Waals surface area contributed by atoms with Crippen LogP contribution < -0.4 is 14.8 Å². The van der Waals surface area contributed by atoms with Crippen LogP contribution in [0.3, 0.4) is 0 Å². The largest absolute Gasteiger partial charge is 0.497 e. The van der Waals surface area contributed by atoms with E-state index in [0.717, 1.165) is 16.8 Å². The van der Waals surface area contributed by atoms with Gasteiger partial charge in [-0.3, -0.25) is 4.79 Å². The van der Waals surface area contributed by atoms with Crippen LogP contribution in [0.1, 0.15) is 29.2 Å². The zero-order chi connectivity index (χ0) is 20.8. The molecule has 0 saturated heterocycles. The molecule has 0 radical (unpaired) electrons. The van der Waals surface area contributed by atoms with Crippen molar-refractivity contribution in [3.05, 3.63) is 53.5 Å². The minimum atomic E-state index is -0.230. The zero-order valence-corrected chi connectivity index (χ0v) is 16.7. The number of rotatable bonds is 4. The SMILES string of the molecule is COc1ccc(OC)c([C@@H]2CC(=O)Nc3c2c(C)nn3-c2ccc3nncn3n2)c1. The van der Waals surface area contributed by atoms with Gasteiger partial charge in [0, 0.05) is 23.5 Å². The Kier molecular flexibility index (Phi) is 4.12. The lowest BCUT2D eigenvalue weighted by Crippen LogP contribution is -2.25. The van der Waals surface area contributed by atoms with Crippen molar-refractivity contribution in [2.75, 3.05) is 19.5 Å². The number of anilines is 1. The van der Waals surface area contributed by atoms with E-state index in [1.807, 2.05) is 25.1 Å². The zero-order valence-electron chi connectivity index (χ0n) is 16.7. The Labute approximate surface area is 171 Å². The number of ether oxygens (including phenoxy) is 2. The van der Waals surface area contributed by atoms with E-state index in [-0.39, 0.29) is 18.2 Å². The second-order valence-corrected chi connectivity index (χ2v) is 7.00. The fourth-order valence-corrected chi connectivity index (χ4v) is 3.92. The highest BCUT2D eigenvalue weighted by atomic mass is 16.5. The quantitative estimate of drug-likeness (QED) is 0.554. The summed E-state index contributed by atoms with van der Waals surface area (Å²) < 4.78 is 14.2. The molecule has 10 nitrogen and oxygen atoms in total. The van der Waals surface area contributed by atoms with Crippen molar-refractivity contribution in [1.82, 2.24) is 29.6 Å². The molecule has 0 aliphatic carbocycles. The second kappa shape index (κ2) is 6.83. The van der Waals surface area contributed by atoms with Crippen molar-refractivity contribution >= 4 is 17.4 Å². The predicted molar refractivity (Wildman–Crippen MR) is 107 cm³/mol. The van der Waals surface area contributed by atoms with Gasteiger partial charge in [-0.05, 0) is 37.3 Å². The maximum Gasteiger partial charge on any atom is 0.226 e. The van der Waals surface area contributed by atoms with E-state index in [1.54, 1.807) is 35.5 Å². The number of amides is 1. The van der Waals surface area contributed by atoms with Crippen molar-refractivity contribution in [1.29, 1.82) is 0 Å². The highest BCUT2D eigenvalue weighted by Crippen LogP contribution is 2.44. The van der Waals surface area contributed by atoms with Gasteiger partial charge in [0.25, 0.3) is 0 Å². The average molecular weight is 405 g/mol. The molecule has 0 fully saturated rings. The normalized spacial score (nSPS) is 15.7. The number of carbonyl (C=O) groups is 1. The second-order valence-electron chi connectivity index (χ2n) is 7.00. The average Bonchev–Trinajstić information content (AvgIpc) is 3.36. The topological polar surface area (TPSA) is 108 Å². The Morgan fingerprint density at radius 2 is 2.00 bits per heavy atom. The lowest BCUT2D eigenvalue weighted by molar-refractivity contribution is -0.116. The van der Waals surface area contributed by atoms with E-state index in [4.69, 9.17) is 9.47 Å². The number of methoxy groups -OCH3 is 2. The Bertz CT molecular complexity index is 1280. The first-order chi connectivity index (χ1) is 14.6. The molecule has 0 unspecified atom stereocenters. The van der Waals surface area contributed by atoms with Gasteiger partial charge in [-0.25, -0.2) is 0 Å². The Hall–Kier alpha value is -3.95. The molecule has 4 aromatic rings. The minimum absolute atomic E-state index is 0.108. The summed E-state index contributed by atoms with van der Waals surface area (Å²) in [6.07, 6.45) is 1.80. The third-order valence-electron chi connectivity index (χ3n) is 5.28. The highest BCUT2D eigenvalue weighted by Gasteiger charge is 2.34. The van der Waals surface area contributed by atoms with Crippen LogP contribution in [0.25, 0.3) is 11.5 Å².